The Morgan fingerprint density at radius 3 is 2.86 bits per heavy atom. The summed E-state index contributed by atoms with van der Waals surface area (Å²) in [6.45, 7) is 3.67. The first-order chi connectivity index (χ1) is 10.0. The number of nitrogens with one attached hydrogen (secondary N) is 1. The summed E-state index contributed by atoms with van der Waals surface area (Å²) >= 11 is 0. The summed E-state index contributed by atoms with van der Waals surface area (Å²) in [6.07, 6.45) is 4.18. The second kappa shape index (κ2) is 6.95. The van der Waals surface area contributed by atoms with Crippen LogP contribution in [0.2, 0.25) is 0 Å². The van der Waals surface area contributed by atoms with Crippen LogP contribution in [-0.4, -0.2) is 17.1 Å². The lowest BCUT2D eigenvalue weighted by molar-refractivity contribution is -0.117. The van der Waals surface area contributed by atoms with Crippen LogP contribution >= 0.6 is 0 Å². The van der Waals surface area contributed by atoms with E-state index in [0.717, 1.165) is 5.76 Å². The quantitative estimate of drug-likeness (QED) is 0.802. The molecule has 0 bridgehead atoms. The Kier molecular flexibility index (Phi) is 5.00. The Morgan fingerprint density at radius 1 is 1.43 bits per heavy atom. The zero-order valence-electron chi connectivity index (χ0n) is 12.1. The minimum absolute atomic E-state index is 0.180. The summed E-state index contributed by atoms with van der Waals surface area (Å²) in [5.41, 5.74) is 0. The summed E-state index contributed by atoms with van der Waals surface area (Å²) in [6, 6.07) is 6.87. The van der Waals surface area contributed by atoms with Crippen molar-refractivity contribution in [2.75, 3.05) is 0 Å². The van der Waals surface area contributed by atoms with Gasteiger partial charge in [0.15, 0.2) is 0 Å². The summed E-state index contributed by atoms with van der Waals surface area (Å²) < 4.78 is 10.5. The molecular weight excluding hydrogens is 270 g/mol. The number of rotatable bonds is 6. The summed E-state index contributed by atoms with van der Waals surface area (Å²) in [4.78, 5) is 11.8. The van der Waals surface area contributed by atoms with Crippen LogP contribution < -0.4 is 5.32 Å². The number of amides is 1. The molecule has 0 aliphatic carbocycles. The molecule has 0 aliphatic rings. The average Bonchev–Trinajstić information content (AvgIpc) is 3.07. The minimum Gasteiger partial charge on any atom is -0.467 e. The van der Waals surface area contributed by atoms with Gasteiger partial charge in [-0.1, -0.05) is 0 Å². The highest BCUT2D eigenvalue weighted by Gasteiger charge is 2.15. The van der Waals surface area contributed by atoms with E-state index < -0.39 is 6.10 Å². The molecule has 0 aromatic carbocycles. The zero-order valence-corrected chi connectivity index (χ0v) is 12.1. The largest absolute Gasteiger partial charge is 0.467 e. The Bertz CT molecular complexity index is 598. The SMILES string of the molecule is Cc1ccc(/C=C/C(=O)NC(C)CC(O)c2ccco2)o1. The van der Waals surface area contributed by atoms with Gasteiger partial charge in [-0.2, -0.15) is 0 Å². The number of hydrogen-bond acceptors (Lipinski definition) is 4. The van der Waals surface area contributed by atoms with E-state index in [0.29, 0.717) is 17.9 Å². The second-order valence-corrected chi connectivity index (χ2v) is 4.96. The van der Waals surface area contributed by atoms with Gasteiger partial charge in [-0.15, -0.1) is 0 Å². The fourth-order valence-electron chi connectivity index (χ4n) is 1.98. The summed E-state index contributed by atoms with van der Waals surface area (Å²) in [5, 5.41) is 12.7. The molecule has 2 rings (SSSR count). The van der Waals surface area contributed by atoms with Crippen LogP contribution in [0.5, 0.6) is 0 Å². The van der Waals surface area contributed by atoms with Gasteiger partial charge in [-0.25, -0.2) is 0 Å². The van der Waals surface area contributed by atoms with Gasteiger partial charge in [-0.3, -0.25) is 4.79 Å². The Labute approximate surface area is 123 Å². The smallest absolute Gasteiger partial charge is 0.244 e. The van der Waals surface area contributed by atoms with E-state index in [2.05, 4.69) is 5.32 Å². The molecule has 0 spiro atoms. The van der Waals surface area contributed by atoms with E-state index >= 15 is 0 Å². The highest BCUT2D eigenvalue weighted by molar-refractivity contribution is 5.91. The van der Waals surface area contributed by atoms with E-state index in [4.69, 9.17) is 8.83 Å². The van der Waals surface area contributed by atoms with Crippen LogP contribution in [0.4, 0.5) is 0 Å². The third-order valence-electron chi connectivity index (χ3n) is 3.00. The van der Waals surface area contributed by atoms with Gasteiger partial charge in [-0.05, 0) is 44.2 Å². The van der Waals surface area contributed by atoms with Crippen molar-refractivity contribution in [1.29, 1.82) is 0 Å². The summed E-state index contributed by atoms with van der Waals surface area (Å²) in [5.74, 6) is 1.69. The lowest BCUT2D eigenvalue weighted by Crippen LogP contribution is -2.32. The molecule has 2 unspecified atom stereocenters. The number of carbonyl (C=O) groups is 1. The first-order valence-electron chi connectivity index (χ1n) is 6.81. The molecule has 0 radical (unpaired) electrons. The summed E-state index contributed by atoms with van der Waals surface area (Å²) in [7, 11) is 0. The monoisotopic (exact) mass is 289 g/mol. The maximum absolute atomic E-state index is 11.8. The molecule has 0 fully saturated rings. The van der Waals surface area contributed by atoms with Gasteiger partial charge >= 0.3 is 0 Å². The molecule has 0 saturated carbocycles. The molecule has 2 atom stereocenters. The van der Waals surface area contributed by atoms with Crippen LogP contribution in [0.15, 0.2) is 45.4 Å². The first-order valence-corrected chi connectivity index (χ1v) is 6.81. The molecule has 21 heavy (non-hydrogen) atoms. The van der Waals surface area contributed by atoms with Crippen LogP contribution in [0.25, 0.3) is 6.08 Å². The third kappa shape index (κ3) is 4.65. The lowest BCUT2D eigenvalue weighted by atomic mass is 10.1. The van der Waals surface area contributed by atoms with E-state index in [1.807, 2.05) is 19.9 Å². The Hall–Kier alpha value is -2.27. The topological polar surface area (TPSA) is 75.6 Å². The molecule has 2 N–H and O–H groups in total. The van der Waals surface area contributed by atoms with Gasteiger partial charge in [0.1, 0.15) is 23.4 Å². The second-order valence-electron chi connectivity index (χ2n) is 4.96. The molecule has 2 heterocycles. The van der Waals surface area contributed by atoms with Crippen LogP contribution in [-0.2, 0) is 4.79 Å². The predicted molar refractivity (Wildman–Crippen MR) is 78.4 cm³/mol. The fraction of sp³-hybridized carbons (Fsp3) is 0.312. The van der Waals surface area contributed by atoms with Gasteiger partial charge in [0.2, 0.25) is 5.91 Å². The zero-order chi connectivity index (χ0) is 15.2. The first kappa shape index (κ1) is 15.1. The predicted octanol–water partition coefficient (Wildman–Crippen LogP) is 2.82. The van der Waals surface area contributed by atoms with Gasteiger partial charge in [0.05, 0.1) is 6.26 Å². The maximum Gasteiger partial charge on any atom is 0.244 e. The third-order valence-corrected chi connectivity index (χ3v) is 3.00. The number of aliphatic hydroxyl groups is 1. The standard InChI is InChI=1S/C16H19NO4/c1-11(10-14(18)15-4-3-9-20-15)17-16(19)8-7-13-6-5-12(2)21-13/h3-9,11,14,18H,10H2,1-2H3,(H,17,19)/b8-7+. The molecule has 5 nitrogen and oxygen atoms in total. The van der Waals surface area contributed by atoms with E-state index in [9.17, 15) is 9.90 Å². The lowest BCUT2D eigenvalue weighted by Gasteiger charge is -2.15. The molecule has 1 amide bonds. The van der Waals surface area contributed by atoms with Crippen molar-refractivity contribution in [3.8, 4) is 0 Å². The van der Waals surface area contributed by atoms with Crippen molar-refractivity contribution in [3.63, 3.8) is 0 Å². The molecule has 0 aliphatic heterocycles. The number of furan rings is 2. The molecule has 5 heteroatoms. The molecule has 2 aromatic heterocycles. The van der Waals surface area contributed by atoms with E-state index in [-0.39, 0.29) is 11.9 Å². The fourth-order valence-corrected chi connectivity index (χ4v) is 1.98. The van der Waals surface area contributed by atoms with Crippen molar-refractivity contribution < 1.29 is 18.7 Å². The van der Waals surface area contributed by atoms with Gasteiger partial charge < -0.3 is 19.3 Å². The highest BCUT2D eigenvalue weighted by atomic mass is 16.4. The minimum atomic E-state index is -0.730. The van der Waals surface area contributed by atoms with Crippen molar-refractivity contribution >= 4 is 12.0 Å². The Morgan fingerprint density at radius 2 is 2.24 bits per heavy atom. The van der Waals surface area contributed by atoms with Gasteiger partial charge in [0, 0.05) is 18.5 Å². The average molecular weight is 289 g/mol. The van der Waals surface area contributed by atoms with Crippen molar-refractivity contribution in [2.24, 2.45) is 0 Å². The van der Waals surface area contributed by atoms with Crippen molar-refractivity contribution in [1.82, 2.24) is 5.32 Å². The number of carbonyl (C=O) groups excluding carboxylic acids is 1. The normalized spacial score (nSPS) is 14.2. The van der Waals surface area contributed by atoms with Crippen LogP contribution in [0.3, 0.4) is 0 Å². The van der Waals surface area contributed by atoms with Crippen molar-refractivity contribution in [2.45, 2.75) is 32.4 Å². The molecule has 112 valence electrons. The maximum atomic E-state index is 11.8. The Balaban J connectivity index is 1.80. The highest BCUT2D eigenvalue weighted by Crippen LogP contribution is 2.18. The van der Waals surface area contributed by atoms with E-state index in [1.54, 1.807) is 24.3 Å². The number of aryl methyl sites for hydroxylation is 1. The molecular formula is C16H19NO4. The van der Waals surface area contributed by atoms with Crippen LogP contribution in [0, 0.1) is 6.92 Å². The molecule has 0 saturated heterocycles. The van der Waals surface area contributed by atoms with E-state index in [1.165, 1.54) is 12.3 Å². The van der Waals surface area contributed by atoms with Gasteiger partial charge in [0.25, 0.3) is 0 Å². The molecule has 2 aromatic rings. The number of aliphatic hydroxyl groups excluding tert-OH is 1. The number of hydrogen-bond donors (Lipinski definition) is 2. The van der Waals surface area contributed by atoms with Crippen molar-refractivity contribution in [3.05, 3.63) is 53.9 Å². The van der Waals surface area contributed by atoms with Crippen LogP contribution in [0.1, 0.15) is 36.7 Å².